The second-order valence-electron chi connectivity index (χ2n) is 7.67. The molecule has 2 aliphatic carbocycles. The molecule has 0 atom stereocenters. The van der Waals surface area contributed by atoms with Crippen molar-refractivity contribution in [3.05, 3.63) is 70.2 Å². The maximum atomic E-state index is 15.1. The maximum Gasteiger partial charge on any atom is 0.237 e. The van der Waals surface area contributed by atoms with Crippen LogP contribution in [0.25, 0.3) is 16.7 Å². The van der Waals surface area contributed by atoms with Crippen LogP contribution in [0, 0.1) is 19.7 Å². The first-order valence-electron chi connectivity index (χ1n) is 9.84. The third-order valence-corrected chi connectivity index (χ3v) is 5.91. The first-order valence-corrected chi connectivity index (χ1v) is 9.84. The number of hydrogen-bond acceptors (Lipinski definition) is 4. The van der Waals surface area contributed by atoms with Gasteiger partial charge in [0.05, 0.1) is 0 Å². The number of nitrogens with zero attached hydrogens (tertiary/aromatic N) is 1. The molecule has 5 heteroatoms. The number of rotatable bonds is 2. The highest BCUT2D eigenvalue weighted by Crippen LogP contribution is 2.42. The standard InChI is InChI=1S/C24H21FN2O2/c1-13-16(19-12-27-24-23(14(19)2)26-7-8-29-24)10-20(25)17-11-21(28)18(22(13)17)9-15-5-3-4-6-15/h3-5,9-10,12,26H,6-8,11H2,1-2H3/b18-9+. The highest BCUT2D eigenvalue weighted by Gasteiger charge is 2.31. The van der Waals surface area contributed by atoms with Crippen LogP contribution in [0.5, 0.6) is 5.88 Å². The zero-order valence-corrected chi connectivity index (χ0v) is 16.4. The number of ketones is 1. The van der Waals surface area contributed by atoms with E-state index in [0.29, 0.717) is 30.2 Å². The van der Waals surface area contributed by atoms with Crippen molar-refractivity contribution < 1.29 is 13.9 Å². The number of hydrogen-bond donors (Lipinski definition) is 1. The lowest BCUT2D eigenvalue weighted by molar-refractivity contribution is -0.112. The molecule has 0 spiro atoms. The first kappa shape index (κ1) is 17.9. The maximum absolute atomic E-state index is 15.1. The van der Waals surface area contributed by atoms with Gasteiger partial charge in [-0.3, -0.25) is 4.79 Å². The predicted octanol–water partition coefficient (Wildman–Crippen LogP) is 4.70. The van der Waals surface area contributed by atoms with Crippen molar-refractivity contribution in [2.75, 3.05) is 18.5 Å². The fraction of sp³-hybridized carbons (Fsp3) is 0.250. The Balaban J connectivity index is 1.69. The topological polar surface area (TPSA) is 51.2 Å². The highest BCUT2D eigenvalue weighted by atomic mass is 19.1. The highest BCUT2D eigenvalue weighted by molar-refractivity contribution is 6.26. The van der Waals surface area contributed by atoms with E-state index in [1.54, 1.807) is 12.3 Å². The molecule has 1 aliphatic heterocycles. The summed E-state index contributed by atoms with van der Waals surface area (Å²) >= 11 is 0. The molecule has 2 aromatic rings. The number of carbonyl (C=O) groups is 1. The number of pyridine rings is 1. The molecule has 5 rings (SSSR count). The van der Waals surface area contributed by atoms with Gasteiger partial charge in [0.2, 0.25) is 5.88 Å². The van der Waals surface area contributed by atoms with E-state index in [4.69, 9.17) is 4.74 Å². The van der Waals surface area contributed by atoms with Gasteiger partial charge in [-0.25, -0.2) is 9.37 Å². The molecule has 0 saturated carbocycles. The Bertz CT molecular complexity index is 1160. The number of carbonyl (C=O) groups excluding carboxylic acids is 1. The number of benzene rings is 1. The Morgan fingerprint density at radius 2 is 2.10 bits per heavy atom. The van der Waals surface area contributed by atoms with Crippen molar-refractivity contribution in [3.63, 3.8) is 0 Å². The van der Waals surface area contributed by atoms with Crippen LogP contribution in [0.2, 0.25) is 0 Å². The van der Waals surface area contributed by atoms with Gasteiger partial charge in [0.15, 0.2) is 5.78 Å². The average molecular weight is 388 g/mol. The van der Waals surface area contributed by atoms with Crippen molar-refractivity contribution in [1.82, 2.24) is 4.98 Å². The van der Waals surface area contributed by atoms with E-state index in [1.165, 1.54) is 0 Å². The summed E-state index contributed by atoms with van der Waals surface area (Å²) in [6.07, 6.45) is 10.6. The zero-order valence-electron chi connectivity index (χ0n) is 16.4. The minimum absolute atomic E-state index is 0.0256. The molecule has 1 N–H and O–H groups in total. The largest absolute Gasteiger partial charge is 0.474 e. The van der Waals surface area contributed by atoms with E-state index in [1.807, 2.05) is 38.2 Å². The van der Waals surface area contributed by atoms with Crippen molar-refractivity contribution in [2.24, 2.45) is 0 Å². The normalized spacial score (nSPS) is 18.4. The molecule has 0 unspecified atom stereocenters. The van der Waals surface area contributed by atoms with E-state index >= 15 is 4.39 Å². The molecular formula is C24H21FN2O2. The SMILES string of the molecule is Cc1c(-c2cc(F)c3c(c2C)/C(=C/C2=CC=CC2)C(=O)C3)cnc2c1NCCO2. The lowest BCUT2D eigenvalue weighted by Gasteiger charge is -2.22. The predicted molar refractivity (Wildman–Crippen MR) is 112 cm³/mol. The van der Waals surface area contributed by atoms with Crippen LogP contribution in [0.1, 0.15) is 28.7 Å². The number of aromatic nitrogens is 1. The lowest BCUT2D eigenvalue weighted by atomic mass is 9.90. The molecule has 0 radical (unpaired) electrons. The number of Topliss-reactive ketones (excluding diaryl/α,β-unsaturated/α-hetero) is 1. The Labute approximate surface area is 168 Å². The molecule has 0 amide bonds. The van der Waals surface area contributed by atoms with E-state index in [0.717, 1.165) is 45.5 Å². The van der Waals surface area contributed by atoms with Crippen molar-refractivity contribution in [3.8, 4) is 17.0 Å². The van der Waals surface area contributed by atoms with Crippen LogP contribution in [-0.2, 0) is 11.2 Å². The van der Waals surface area contributed by atoms with E-state index < -0.39 is 0 Å². The van der Waals surface area contributed by atoms with Crippen LogP contribution in [-0.4, -0.2) is 23.9 Å². The Morgan fingerprint density at radius 3 is 2.90 bits per heavy atom. The second kappa shape index (κ2) is 6.69. The van der Waals surface area contributed by atoms with Gasteiger partial charge in [-0.15, -0.1) is 0 Å². The molecule has 4 nitrogen and oxygen atoms in total. The van der Waals surface area contributed by atoms with Crippen LogP contribution >= 0.6 is 0 Å². The monoisotopic (exact) mass is 388 g/mol. The molecule has 29 heavy (non-hydrogen) atoms. The van der Waals surface area contributed by atoms with Gasteiger partial charge in [0, 0.05) is 35.9 Å². The Hall–Kier alpha value is -3.21. The molecule has 0 saturated heterocycles. The van der Waals surface area contributed by atoms with Crippen LogP contribution in [0.4, 0.5) is 10.1 Å². The molecule has 3 aliphatic rings. The molecule has 146 valence electrons. The van der Waals surface area contributed by atoms with Gasteiger partial charge in [-0.05, 0) is 60.2 Å². The van der Waals surface area contributed by atoms with Gasteiger partial charge in [0.25, 0.3) is 0 Å². The summed E-state index contributed by atoms with van der Waals surface area (Å²) in [5.41, 5.74) is 7.25. The number of allylic oxidation sites excluding steroid dienone is 6. The minimum Gasteiger partial charge on any atom is -0.474 e. The smallest absolute Gasteiger partial charge is 0.237 e. The average Bonchev–Trinajstić information content (AvgIpc) is 3.35. The number of halogens is 1. The van der Waals surface area contributed by atoms with Gasteiger partial charge in [-0.1, -0.05) is 18.2 Å². The summed E-state index contributed by atoms with van der Waals surface area (Å²) in [6.45, 7) is 5.23. The van der Waals surface area contributed by atoms with Crippen LogP contribution in [0.3, 0.4) is 0 Å². The molecule has 2 heterocycles. The summed E-state index contributed by atoms with van der Waals surface area (Å²) in [5, 5.41) is 3.33. The van der Waals surface area contributed by atoms with Crippen molar-refractivity contribution in [2.45, 2.75) is 26.7 Å². The third kappa shape index (κ3) is 2.80. The second-order valence-corrected chi connectivity index (χ2v) is 7.67. The Morgan fingerprint density at radius 1 is 1.24 bits per heavy atom. The number of fused-ring (bicyclic) bond motifs is 2. The van der Waals surface area contributed by atoms with Gasteiger partial charge in [0.1, 0.15) is 18.1 Å². The van der Waals surface area contributed by atoms with Crippen molar-refractivity contribution in [1.29, 1.82) is 0 Å². The van der Waals surface area contributed by atoms with Crippen LogP contribution in [0.15, 0.2) is 42.1 Å². The third-order valence-electron chi connectivity index (χ3n) is 5.91. The van der Waals surface area contributed by atoms with E-state index in [2.05, 4.69) is 10.3 Å². The number of ether oxygens (including phenoxy) is 1. The van der Waals surface area contributed by atoms with Crippen molar-refractivity contribution >= 4 is 17.0 Å². The molecule has 1 aromatic heterocycles. The molecular weight excluding hydrogens is 367 g/mol. The fourth-order valence-electron chi connectivity index (χ4n) is 4.42. The quantitative estimate of drug-likeness (QED) is 0.758. The van der Waals surface area contributed by atoms with Gasteiger partial charge >= 0.3 is 0 Å². The molecule has 0 fully saturated rings. The van der Waals surface area contributed by atoms with E-state index in [9.17, 15) is 4.79 Å². The zero-order chi connectivity index (χ0) is 20.1. The molecule has 1 aromatic carbocycles. The number of anilines is 1. The first-order chi connectivity index (χ1) is 14.0. The lowest BCUT2D eigenvalue weighted by Crippen LogP contribution is -2.20. The van der Waals surface area contributed by atoms with E-state index in [-0.39, 0.29) is 18.0 Å². The summed E-state index contributed by atoms with van der Waals surface area (Å²) in [7, 11) is 0. The summed E-state index contributed by atoms with van der Waals surface area (Å²) in [4.78, 5) is 17.1. The summed E-state index contributed by atoms with van der Waals surface area (Å²) in [5.74, 6) is 0.215. The summed E-state index contributed by atoms with van der Waals surface area (Å²) < 4.78 is 20.7. The van der Waals surface area contributed by atoms with Gasteiger partial charge in [-0.2, -0.15) is 0 Å². The molecule has 0 bridgehead atoms. The fourth-order valence-corrected chi connectivity index (χ4v) is 4.42. The minimum atomic E-state index is -0.336. The van der Waals surface area contributed by atoms with Crippen LogP contribution < -0.4 is 10.1 Å². The summed E-state index contributed by atoms with van der Waals surface area (Å²) in [6, 6.07) is 1.54. The number of nitrogens with one attached hydrogen (secondary N) is 1. The Kier molecular flexibility index (Phi) is 4.12. The van der Waals surface area contributed by atoms with Gasteiger partial charge < -0.3 is 10.1 Å².